The zero-order valence-corrected chi connectivity index (χ0v) is 11.2. The maximum atomic E-state index is 5.42. The molecule has 0 saturated heterocycles. The first-order valence-corrected chi connectivity index (χ1v) is 6.68. The van der Waals surface area contributed by atoms with Crippen LogP contribution < -0.4 is 4.74 Å². The van der Waals surface area contributed by atoms with Crippen LogP contribution >= 0.6 is 11.9 Å². The fraction of sp³-hybridized carbons (Fsp3) is 0.154. The van der Waals surface area contributed by atoms with Crippen molar-refractivity contribution in [2.75, 3.05) is 6.61 Å². The highest BCUT2D eigenvalue weighted by molar-refractivity contribution is 7.98. The molecule has 0 N–H and O–H groups in total. The van der Waals surface area contributed by atoms with Crippen molar-refractivity contribution in [1.82, 2.24) is 18.9 Å². The maximum Gasteiger partial charge on any atom is 0.173 e. The van der Waals surface area contributed by atoms with Crippen molar-refractivity contribution in [3.63, 3.8) is 0 Å². The molecule has 1 aromatic carbocycles. The zero-order chi connectivity index (χ0) is 13.1. The Morgan fingerprint density at radius 3 is 2.84 bits per heavy atom. The van der Waals surface area contributed by atoms with Gasteiger partial charge in [0, 0.05) is 4.90 Å². The third-order valence-electron chi connectivity index (χ3n) is 2.52. The highest BCUT2D eigenvalue weighted by Gasteiger charge is 2.05. The highest BCUT2D eigenvalue weighted by atomic mass is 32.2. The minimum atomic E-state index is 0.676. The second kappa shape index (κ2) is 5.27. The molecule has 96 valence electrons. The molecule has 0 spiro atoms. The summed E-state index contributed by atoms with van der Waals surface area (Å²) < 4.78 is 7.34. The fourth-order valence-electron chi connectivity index (χ4n) is 1.69. The fourth-order valence-corrected chi connectivity index (χ4v) is 2.50. The van der Waals surface area contributed by atoms with E-state index in [1.54, 1.807) is 24.5 Å². The summed E-state index contributed by atoms with van der Waals surface area (Å²) in [5.74, 6) is 0.879. The Morgan fingerprint density at radius 2 is 2.05 bits per heavy atom. The molecule has 2 heterocycles. The van der Waals surface area contributed by atoms with Crippen molar-refractivity contribution < 1.29 is 4.74 Å². The van der Waals surface area contributed by atoms with Gasteiger partial charge in [-0.1, -0.05) is 0 Å². The van der Waals surface area contributed by atoms with Crippen LogP contribution in [0.3, 0.4) is 0 Å². The predicted octanol–water partition coefficient (Wildman–Crippen LogP) is 2.78. The molecule has 5 nitrogen and oxygen atoms in total. The van der Waals surface area contributed by atoms with E-state index in [-0.39, 0.29) is 0 Å². The Kier molecular flexibility index (Phi) is 3.33. The average molecular weight is 272 g/mol. The topological polar surface area (TPSA) is 52.8 Å². The Bertz CT molecular complexity index is 680. The summed E-state index contributed by atoms with van der Waals surface area (Å²) in [7, 11) is 0. The van der Waals surface area contributed by atoms with Gasteiger partial charge in [0.05, 0.1) is 12.8 Å². The van der Waals surface area contributed by atoms with Gasteiger partial charge in [-0.3, -0.25) is 3.97 Å². The molecule has 0 unspecified atom stereocenters. The second-order valence-corrected chi connectivity index (χ2v) is 4.85. The molecule has 0 saturated carbocycles. The number of benzene rings is 1. The second-order valence-electron chi connectivity index (χ2n) is 3.80. The molecular weight excluding hydrogens is 260 g/mol. The van der Waals surface area contributed by atoms with Crippen molar-refractivity contribution >= 4 is 23.1 Å². The normalized spacial score (nSPS) is 10.8. The third-order valence-corrected chi connectivity index (χ3v) is 3.47. The highest BCUT2D eigenvalue weighted by Crippen LogP contribution is 2.25. The Morgan fingerprint density at radius 1 is 1.21 bits per heavy atom. The van der Waals surface area contributed by atoms with E-state index in [2.05, 4.69) is 15.0 Å². The molecule has 0 aliphatic carbocycles. The number of nitrogens with zero attached hydrogens (tertiary/aromatic N) is 4. The average Bonchev–Trinajstić information content (AvgIpc) is 2.85. The molecule has 19 heavy (non-hydrogen) atoms. The minimum Gasteiger partial charge on any atom is -0.494 e. The lowest BCUT2D eigenvalue weighted by Gasteiger charge is -2.05. The summed E-state index contributed by atoms with van der Waals surface area (Å²) in [6.07, 6.45) is 4.98. The van der Waals surface area contributed by atoms with Gasteiger partial charge in [0.1, 0.15) is 23.9 Å². The number of ether oxygens (including phenoxy) is 1. The molecule has 0 aliphatic heterocycles. The molecular formula is C13H12N4OS. The van der Waals surface area contributed by atoms with Gasteiger partial charge in [-0.05, 0) is 43.1 Å². The van der Waals surface area contributed by atoms with Crippen LogP contribution in [0.4, 0.5) is 0 Å². The van der Waals surface area contributed by atoms with Crippen molar-refractivity contribution in [1.29, 1.82) is 0 Å². The van der Waals surface area contributed by atoms with Crippen LogP contribution in [0.15, 0.2) is 48.0 Å². The number of aromatic nitrogens is 4. The van der Waals surface area contributed by atoms with E-state index < -0.39 is 0 Å². The number of hydrogen-bond donors (Lipinski definition) is 0. The smallest absolute Gasteiger partial charge is 0.173 e. The van der Waals surface area contributed by atoms with E-state index in [9.17, 15) is 0 Å². The number of imidazole rings is 1. The number of rotatable bonds is 4. The van der Waals surface area contributed by atoms with Gasteiger partial charge >= 0.3 is 0 Å². The first-order valence-electron chi connectivity index (χ1n) is 5.91. The van der Waals surface area contributed by atoms with Crippen LogP contribution in [0.1, 0.15) is 6.92 Å². The maximum absolute atomic E-state index is 5.42. The molecule has 3 aromatic rings. The lowest BCUT2D eigenvalue weighted by Crippen LogP contribution is -1.91. The molecule has 3 rings (SSSR count). The summed E-state index contributed by atoms with van der Waals surface area (Å²) in [4.78, 5) is 13.5. The number of hydrogen-bond acceptors (Lipinski definition) is 5. The summed E-state index contributed by atoms with van der Waals surface area (Å²) in [6.45, 7) is 2.65. The Balaban J connectivity index is 1.84. The Labute approximate surface area is 114 Å². The third kappa shape index (κ3) is 2.53. The molecule has 2 aromatic heterocycles. The van der Waals surface area contributed by atoms with E-state index in [0.717, 1.165) is 21.8 Å². The summed E-state index contributed by atoms with van der Waals surface area (Å²) in [5.41, 5.74) is 1.61. The zero-order valence-electron chi connectivity index (χ0n) is 10.4. The van der Waals surface area contributed by atoms with Crippen molar-refractivity contribution in [2.24, 2.45) is 0 Å². The summed E-state index contributed by atoms with van der Waals surface area (Å²) in [6, 6.07) is 7.95. The van der Waals surface area contributed by atoms with Gasteiger partial charge in [-0.15, -0.1) is 0 Å². The van der Waals surface area contributed by atoms with Crippen LogP contribution in [0.2, 0.25) is 0 Å². The molecule has 0 atom stereocenters. The van der Waals surface area contributed by atoms with Crippen molar-refractivity contribution in [3.8, 4) is 5.75 Å². The van der Waals surface area contributed by atoms with Crippen molar-refractivity contribution in [2.45, 2.75) is 11.8 Å². The largest absolute Gasteiger partial charge is 0.494 e. The van der Waals surface area contributed by atoms with E-state index in [0.29, 0.717) is 6.61 Å². The molecule has 0 radical (unpaired) electrons. The Hall–Kier alpha value is -2.08. The van der Waals surface area contributed by atoms with Crippen LogP contribution in [0, 0.1) is 0 Å². The van der Waals surface area contributed by atoms with E-state index in [4.69, 9.17) is 4.74 Å². The summed E-state index contributed by atoms with van der Waals surface area (Å²) in [5, 5.41) is 0. The molecule has 0 amide bonds. The van der Waals surface area contributed by atoms with Gasteiger partial charge in [0.15, 0.2) is 5.65 Å². The lowest BCUT2D eigenvalue weighted by molar-refractivity contribution is 0.340. The monoisotopic (exact) mass is 272 g/mol. The minimum absolute atomic E-state index is 0.676. The first kappa shape index (κ1) is 12.0. The van der Waals surface area contributed by atoms with Gasteiger partial charge in [-0.25, -0.2) is 15.0 Å². The standard InChI is InChI=1S/C13H12N4OS/c1-2-18-10-3-5-11(6-4-10)19-17-9-16-12-7-14-8-15-13(12)17/h3-9H,2H2,1H3. The number of fused-ring (bicyclic) bond motifs is 1. The van der Waals surface area contributed by atoms with Crippen molar-refractivity contribution in [3.05, 3.63) is 43.1 Å². The predicted molar refractivity (Wildman–Crippen MR) is 74.2 cm³/mol. The molecule has 0 fully saturated rings. The van der Waals surface area contributed by atoms with E-state index >= 15 is 0 Å². The van der Waals surface area contributed by atoms with Gasteiger partial charge in [0.25, 0.3) is 0 Å². The molecule has 6 heteroatoms. The van der Waals surface area contributed by atoms with Crippen LogP contribution in [-0.4, -0.2) is 25.5 Å². The van der Waals surface area contributed by atoms with E-state index in [1.165, 1.54) is 6.33 Å². The van der Waals surface area contributed by atoms with Crippen LogP contribution in [0.25, 0.3) is 11.2 Å². The SMILES string of the molecule is CCOc1ccc(Sn2cnc3cncnc32)cc1. The molecule has 0 aliphatic rings. The van der Waals surface area contributed by atoms with Gasteiger partial charge < -0.3 is 4.74 Å². The first-order chi connectivity index (χ1) is 9.36. The van der Waals surface area contributed by atoms with Gasteiger partial charge in [-0.2, -0.15) is 0 Å². The van der Waals surface area contributed by atoms with Crippen LogP contribution in [0.5, 0.6) is 5.75 Å². The molecule has 0 bridgehead atoms. The van der Waals surface area contributed by atoms with E-state index in [1.807, 2.05) is 35.2 Å². The quantitative estimate of drug-likeness (QED) is 0.731. The lowest BCUT2D eigenvalue weighted by atomic mass is 10.3. The summed E-state index contributed by atoms with van der Waals surface area (Å²) >= 11 is 1.56. The van der Waals surface area contributed by atoms with Gasteiger partial charge in [0.2, 0.25) is 0 Å². The van der Waals surface area contributed by atoms with Crippen LogP contribution in [-0.2, 0) is 0 Å².